The molecule has 1 fully saturated rings. The van der Waals surface area contributed by atoms with Gasteiger partial charge in [0, 0.05) is 19.1 Å². The van der Waals surface area contributed by atoms with Crippen LogP contribution in [0.3, 0.4) is 0 Å². The van der Waals surface area contributed by atoms with Crippen molar-refractivity contribution < 1.29 is 9.90 Å². The van der Waals surface area contributed by atoms with Crippen LogP contribution in [0.1, 0.15) is 51.9 Å². The molecule has 1 aliphatic rings. The third kappa shape index (κ3) is 5.08. The summed E-state index contributed by atoms with van der Waals surface area (Å²) in [6.07, 6.45) is 7.57. The maximum atomic E-state index is 10.8. The minimum atomic E-state index is 0.297. The van der Waals surface area contributed by atoms with E-state index >= 15 is 0 Å². The first-order valence-electron chi connectivity index (χ1n) is 6.58. The number of likely N-dealkylation sites (tertiary alicyclic amines) is 1. The highest BCUT2D eigenvalue weighted by Crippen LogP contribution is 2.19. The van der Waals surface area contributed by atoms with Gasteiger partial charge in [0.05, 0.1) is 0 Å². The predicted octanol–water partition coefficient (Wildman–Crippen LogP) is 1.98. The summed E-state index contributed by atoms with van der Waals surface area (Å²) in [6, 6.07) is 0.580. The molecule has 1 unspecified atom stereocenters. The van der Waals surface area contributed by atoms with Crippen molar-refractivity contribution >= 4 is 5.78 Å². The van der Waals surface area contributed by atoms with E-state index in [0.29, 0.717) is 18.4 Å². The molecule has 94 valence electrons. The Bertz CT molecular complexity index is 204. The van der Waals surface area contributed by atoms with E-state index in [1.54, 1.807) is 6.92 Å². The van der Waals surface area contributed by atoms with Crippen molar-refractivity contribution in [3.05, 3.63) is 0 Å². The van der Waals surface area contributed by atoms with Crippen LogP contribution in [0.2, 0.25) is 0 Å². The van der Waals surface area contributed by atoms with E-state index < -0.39 is 0 Å². The van der Waals surface area contributed by atoms with Gasteiger partial charge in [-0.2, -0.15) is 0 Å². The first-order chi connectivity index (χ1) is 7.74. The fraction of sp³-hybridized carbons (Fsp3) is 0.923. The van der Waals surface area contributed by atoms with Crippen LogP contribution in [0.15, 0.2) is 0 Å². The molecule has 1 heterocycles. The Balaban J connectivity index is 2.18. The van der Waals surface area contributed by atoms with Gasteiger partial charge in [0.1, 0.15) is 5.78 Å². The standard InChI is InChI=1S/C13H25NO2/c1-12(16)6-2-4-9-14-10-5-3-7-13(14)8-11-15/h13,15H,2-11H2,1H3. The van der Waals surface area contributed by atoms with Crippen molar-refractivity contribution in [2.75, 3.05) is 19.7 Å². The van der Waals surface area contributed by atoms with E-state index in [1.807, 2.05) is 0 Å². The lowest BCUT2D eigenvalue weighted by Crippen LogP contribution is -2.40. The number of nitrogens with zero attached hydrogens (tertiary/aromatic N) is 1. The van der Waals surface area contributed by atoms with Gasteiger partial charge in [0.15, 0.2) is 0 Å². The van der Waals surface area contributed by atoms with Gasteiger partial charge in [-0.05, 0) is 52.1 Å². The Kier molecular flexibility index (Phi) is 6.65. The minimum Gasteiger partial charge on any atom is -0.396 e. The lowest BCUT2D eigenvalue weighted by atomic mass is 9.99. The Hall–Kier alpha value is -0.410. The highest BCUT2D eigenvalue weighted by molar-refractivity contribution is 5.75. The third-order valence-electron chi connectivity index (χ3n) is 3.44. The van der Waals surface area contributed by atoms with Crippen LogP contribution in [-0.2, 0) is 4.79 Å². The molecule has 1 saturated heterocycles. The number of Topliss-reactive ketones (excluding diaryl/α,β-unsaturated/α-hetero) is 1. The fourth-order valence-corrected chi connectivity index (χ4v) is 2.52. The van der Waals surface area contributed by atoms with E-state index in [4.69, 9.17) is 5.11 Å². The van der Waals surface area contributed by atoms with Crippen LogP contribution >= 0.6 is 0 Å². The SMILES string of the molecule is CC(=O)CCCCN1CCCCC1CCO. The van der Waals surface area contributed by atoms with Gasteiger partial charge in [0.25, 0.3) is 0 Å². The zero-order valence-electron chi connectivity index (χ0n) is 10.5. The van der Waals surface area contributed by atoms with Crippen molar-refractivity contribution in [3.8, 4) is 0 Å². The summed E-state index contributed by atoms with van der Waals surface area (Å²) in [5, 5.41) is 9.01. The predicted molar refractivity (Wildman–Crippen MR) is 65.4 cm³/mol. The molecule has 0 amide bonds. The van der Waals surface area contributed by atoms with E-state index in [-0.39, 0.29) is 0 Å². The molecule has 0 spiro atoms. The molecular weight excluding hydrogens is 202 g/mol. The average Bonchev–Trinajstić information content (AvgIpc) is 2.26. The molecule has 1 N–H and O–H groups in total. The Morgan fingerprint density at radius 2 is 2.19 bits per heavy atom. The molecule has 0 aromatic heterocycles. The van der Waals surface area contributed by atoms with Crippen LogP contribution in [0.25, 0.3) is 0 Å². The van der Waals surface area contributed by atoms with Crippen molar-refractivity contribution in [1.82, 2.24) is 4.90 Å². The van der Waals surface area contributed by atoms with Gasteiger partial charge in [-0.1, -0.05) is 6.42 Å². The molecule has 0 saturated carbocycles. The van der Waals surface area contributed by atoms with Gasteiger partial charge >= 0.3 is 0 Å². The van der Waals surface area contributed by atoms with E-state index in [2.05, 4.69) is 4.90 Å². The minimum absolute atomic E-state index is 0.297. The quantitative estimate of drug-likeness (QED) is 0.676. The lowest BCUT2D eigenvalue weighted by Gasteiger charge is -2.35. The fourth-order valence-electron chi connectivity index (χ4n) is 2.52. The van der Waals surface area contributed by atoms with E-state index in [9.17, 15) is 4.79 Å². The van der Waals surface area contributed by atoms with Gasteiger partial charge in [0.2, 0.25) is 0 Å². The number of piperidine rings is 1. The average molecular weight is 227 g/mol. The molecule has 0 radical (unpaired) electrons. The van der Waals surface area contributed by atoms with E-state index in [1.165, 1.54) is 25.8 Å². The number of aliphatic hydroxyl groups excluding tert-OH is 1. The number of unbranched alkanes of at least 4 members (excludes halogenated alkanes) is 1. The number of carbonyl (C=O) groups is 1. The molecule has 3 nitrogen and oxygen atoms in total. The zero-order chi connectivity index (χ0) is 11.8. The summed E-state index contributed by atoms with van der Waals surface area (Å²) in [5.41, 5.74) is 0. The summed E-state index contributed by atoms with van der Waals surface area (Å²) in [5.74, 6) is 0.297. The number of hydrogen-bond donors (Lipinski definition) is 1. The molecule has 1 rings (SSSR count). The smallest absolute Gasteiger partial charge is 0.129 e. The Labute approximate surface area is 98.8 Å². The zero-order valence-corrected chi connectivity index (χ0v) is 10.5. The summed E-state index contributed by atoms with van der Waals surface area (Å²) in [7, 11) is 0. The number of aliphatic hydroxyl groups is 1. The maximum absolute atomic E-state index is 10.8. The number of rotatable bonds is 7. The monoisotopic (exact) mass is 227 g/mol. The number of hydrogen-bond acceptors (Lipinski definition) is 3. The number of carbonyl (C=O) groups excluding carboxylic acids is 1. The summed E-state index contributed by atoms with van der Waals surface area (Å²) in [6.45, 7) is 4.23. The highest BCUT2D eigenvalue weighted by Gasteiger charge is 2.20. The van der Waals surface area contributed by atoms with Gasteiger partial charge in [-0.15, -0.1) is 0 Å². The summed E-state index contributed by atoms with van der Waals surface area (Å²) >= 11 is 0. The molecule has 3 heteroatoms. The second kappa shape index (κ2) is 7.80. The molecular formula is C13H25NO2. The second-order valence-corrected chi connectivity index (χ2v) is 4.86. The highest BCUT2D eigenvalue weighted by atomic mass is 16.3. The van der Waals surface area contributed by atoms with E-state index in [0.717, 1.165) is 32.2 Å². The third-order valence-corrected chi connectivity index (χ3v) is 3.44. The van der Waals surface area contributed by atoms with Crippen LogP contribution < -0.4 is 0 Å². The molecule has 0 bridgehead atoms. The molecule has 0 aromatic rings. The van der Waals surface area contributed by atoms with Gasteiger partial charge in [-0.25, -0.2) is 0 Å². The molecule has 1 aliphatic heterocycles. The normalized spacial score (nSPS) is 22.2. The Morgan fingerprint density at radius 1 is 1.38 bits per heavy atom. The Morgan fingerprint density at radius 3 is 2.88 bits per heavy atom. The first kappa shape index (κ1) is 13.7. The van der Waals surface area contributed by atoms with Crippen LogP contribution in [0, 0.1) is 0 Å². The second-order valence-electron chi connectivity index (χ2n) is 4.86. The molecule has 0 aromatic carbocycles. The molecule has 1 atom stereocenters. The van der Waals surface area contributed by atoms with Crippen molar-refractivity contribution in [3.63, 3.8) is 0 Å². The van der Waals surface area contributed by atoms with Crippen molar-refractivity contribution in [1.29, 1.82) is 0 Å². The molecule has 16 heavy (non-hydrogen) atoms. The maximum Gasteiger partial charge on any atom is 0.129 e. The largest absolute Gasteiger partial charge is 0.396 e. The van der Waals surface area contributed by atoms with Gasteiger partial charge < -0.3 is 14.8 Å². The van der Waals surface area contributed by atoms with Crippen LogP contribution in [0.4, 0.5) is 0 Å². The topological polar surface area (TPSA) is 40.5 Å². The summed E-state index contributed by atoms with van der Waals surface area (Å²) in [4.78, 5) is 13.3. The van der Waals surface area contributed by atoms with Crippen molar-refractivity contribution in [2.45, 2.75) is 57.9 Å². The van der Waals surface area contributed by atoms with Crippen molar-refractivity contribution in [2.24, 2.45) is 0 Å². The van der Waals surface area contributed by atoms with Gasteiger partial charge in [-0.3, -0.25) is 0 Å². The van der Waals surface area contributed by atoms with Crippen LogP contribution in [0.5, 0.6) is 0 Å². The molecule has 0 aliphatic carbocycles. The first-order valence-corrected chi connectivity index (χ1v) is 6.58. The number of ketones is 1. The van der Waals surface area contributed by atoms with Crippen LogP contribution in [-0.4, -0.2) is 41.5 Å². The lowest BCUT2D eigenvalue weighted by molar-refractivity contribution is -0.117. The summed E-state index contributed by atoms with van der Waals surface area (Å²) < 4.78 is 0.